The van der Waals surface area contributed by atoms with Crippen LogP contribution in [0.2, 0.25) is 0 Å². The highest BCUT2D eigenvalue weighted by Crippen LogP contribution is 2.44. The molecular formula is C13H23N. The van der Waals surface area contributed by atoms with E-state index in [0.29, 0.717) is 0 Å². The molecule has 0 saturated heterocycles. The number of nitrogens with one attached hydrogen (secondary N) is 1. The van der Waals surface area contributed by atoms with Crippen LogP contribution in [0.15, 0.2) is 0 Å². The van der Waals surface area contributed by atoms with Crippen LogP contribution < -0.4 is 5.32 Å². The van der Waals surface area contributed by atoms with Crippen molar-refractivity contribution in [3.63, 3.8) is 0 Å². The first-order chi connectivity index (χ1) is 6.83. The Bertz CT molecular complexity index is 205. The third-order valence-corrected chi connectivity index (χ3v) is 4.95. The molecule has 4 aliphatic rings. The summed E-state index contributed by atoms with van der Waals surface area (Å²) >= 11 is 0. The van der Waals surface area contributed by atoms with Crippen LogP contribution in [0.1, 0.15) is 45.4 Å². The lowest BCUT2D eigenvalue weighted by Gasteiger charge is -2.42. The Kier molecular flexibility index (Phi) is 2.31. The number of hydrogen-bond acceptors (Lipinski definition) is 1. The molecule has 0 aromatic carbocycles. The lowest BCUT2D eigenvalue weighted by atomic mass is 9.65. The van der Waals surface area contributed by atoms with Crippen LogP contribution in [-0.4, -0.2) is 12.6 Å². The van der Waals surface area contributed by atoms with Crippen LogP contribution in [0.3, 0.4) is 0 Å². The number of rotatable bonds is 3. The van der Waals surface area contributed by atoms with E-state index in [0.717, 1.165) is 29.7 Å². The van der Waals surface area contributed by atoms with Crippen molar-refractivity contribution in [2.45, 2.75) is 51.5 Å². The first-order valence-electron chi connectivity index (χ1n) is 6.56. The van der Waals surface area contributed by atoms with Gasteiger partial charge in [-0.25, -0.2) is 0 Å². The quantitative estimate of drug-likeness (QED) is 0.727. The highest BCUT2D eigenvalue weighted by molar-refractivity contribution is 4.93. The number of hydrogen-bond donors (Lipinski definition) is 1. The molecule has 80 valence electrons. The Hall–Kier alpha value is -0.0400. The summed E-state index contributed by atoms with van der Waals surface area (Å²) in [6.45, 7) is 3.70. The minimum absolute atomic E-state index is 0.885. The summed E-state index contributed by atoms with van der Waals surface area (Å²) in [5.41, 5.74) is 0. The molecule has 0 spiro atoms. The molecule has 1 heteroatoms. The Morgan fingerprint density at radius 1 is 1.07 bits per heavy atom. The van der Waals surface area contributed by atoms with Gasteiger partial charge in [0.2, 0.25) is 0 Å². The zero-order valence-electron chi connectivity index (χ0n) is 9.34. The van der Waals surface area contributed by atoms with Crippen LogP contribution in [0, 0.1) is 23.7 Å². The molecule has 4 aliphatic carbocycles. The Balaban J connectivity index is 1.48. The smallest absolute Gasteiger partial charge is 0.00965 e. The van der Waals surface area contributed by atoms with Crippen LogP contribution in [0.4, 0.5) is 0 Å². The first kappa shape index (κ1) is 9.21. The van der Waals surface area contributed by atoms with E-state index in [1.807, 2.05) is 0 Å². The summed E-state index contributed by atoms with van der Waals surface area (Å²) < 4.78 is 0. The fraction of sp³-hybridized carbons (Fsp3) is 1.00. The molecule has 1 nitrogen and oxygen atoms in total. The normalized spacial score (nSPS) is 50.8. The topological polar surface area (TPSA) is 12.0 Å². The molecule has 2 bridgehead atoms. The minimum Gasteiger partial charge on any atom is -0.313 e. The second-order valence-electron chi connectivity index (χ2n) is 6.00. The van der Waals surface area contributed by atoms with Gasteiger partial charge in [-0.2, -0.15) is 0 Å². The molecule has 3 atom stereocenters. The molecule has 14 heavy (non-hydrogen) atoms. The van der Waals surface area contributed by atoms with Crippen molar-refractivity contribution in [2.75, 3.05) is 6.54 Å². The Labute approximate surface area is 87.7 Å². The van der Waals surface area contributed by atoms with Gasteiger partial charge in [0.05, 0.1) is 0 Å². The Morgan fingerprint density at radius 3 is 2.29 bits per heavy atom. The molecule has 4 rings (SSSR count). The van der Waals surface area contributed by atoms with E-state index in [4.69, 9.17) is 0 Å². The third kappa shape index (κ3) is 1.71. The van der Waals surface area contributed by atoms with Gasteiger partial charge in [-0.1, -0.05) is 19.8 Å². The van der Waals surface area contributed by atoms with E-state index in [2.05, 4.69) is 12.2 Å². The molecule has 0 aliphatic heterocycles. The SMILES string of the molecule is CC1CC1NCC1CC2CCC1CC2. The largest absolute Gasteiger partial charge is 0.313 e. The molecule has 4 saturated carbocycles. The fourth-order valence-corrected chi connectivity index (χ4v) is 3.68. The summed E-state index contributed by atoms with van der Waals surface area (Å²) in [5, 5.41) is 3.76. The fourth-order valence-electron chi connectivity index (χ4n) is 3.68. The van der Waals surface area contributed by atoms with Gasteiger partial charge in [0.25, 0.3) is 0 Å². The lowest BCUT2D eigenvalue weighted by Crippen LogP contribution is -2.38. The van der Waals surface area contributed by atoms with Crippen molar-refractivity contribution in [2.24, 2.45) is 23.7 Å². The average Bonchev–Trinajstić information content (AvgIpc) is 2.94. The molecule has 4 fully saturated rings. The van der Waals surface area contributed by atoms with E-state index >= 15 is 0 Å². The second-order valence-corrected chi connectivity index (χ2v) is 6.00. The highest BCUT2D eigenvalue weighted by atomic mass is 15.0. The van der Waals surface area contributed by atoms with Crippen molar-refractivity contribution in [1.82, 2.24) is 5.32 Å². The van der Waals surface area contributed by atoms with Crippen LogP contribution in [-0.2, 0) is 0 Å². The monoisotopic (exact) mass is 193 g/mol. The van der Waals surface area contributed by atoms with E-state index in [-0.39, 0.29) is 0 Å². The van der Waals surface area contributed by atoms with E-state index < -0.39 is 0 Å². The van der Waals surface area contributed by atoms with Crippen LogP contribution in [0.25, 0.3) is 0 Å². The van der Waals surface area contributed by atoms with Gasteiger partial charge < -0.3 is 5.32 Å². The van der Waals surface area contributed by atoms with Gasteiger partial charge in [-0.05, 0) is 55.9 Å². The van der Waals surface area contributed by atoms with Gasteiger partial charge >= 0.3 is 0 Å². The third-order valence-electron chi connectivity index (χ3n) is 4.95. The van der Waals surface area contributed by atoms with E-state index in [9.17, 15) is 0 Å². The summed E-state index contributed by atoms with van der Waals surface area (Å²) in [7, 11) is 0. The van der Waals surface area contributed by atoms with Crippen molar-refractivity contribution >= 4 is 0 Å². The van der Waals surface area contributed by atoms with Gasteiger partial charge in [-0.3, -0.25) is 0 Å². The Morgan fingerprint density at radius 2 is 1.79 bits per heavy atom. The zero-order chi connectivity index (χ0) is 9.54. The summed E-state index contributed by atoms with van der Waals surface area (Å²) in [4.78, 5) is 0. The predicted molar refractivity (Wildman–Crippen MR) is 59.1 cm³/mol. The standard InChI is InChI=1S/C13H23N/c1-9-6-13(9)14-8-12-7-10-2-4-11(12)5-3-10/h9-14H,2-8H2,1H3. The van der Waals surface area contributed by atoms with Gasteiger partial charge in [-0.15, -0.1) is 0 Å². The molecule has 0 aromatic heterocycles. The summed E-state index contributed by atoms with van der Waals surface area (Å²) in [6, 6.07) is 0.885. The average molecular weight is 193 g/mol. The van der Waals surface area contributed by atoms with E-state index in [1.54, 1.807) is 19.3 Å². The first-order valence-corrected chi connectivity index (χ1v) is 6.56. The highest BCUT2D eigenvalue weighted by Gasteiger charge is 2.37. The molecular weight excluding hydrogens is 170 g/mol. The molecule has 0 heterocycles. The van der Waals surface area contributed by atoms with Crippen molar-refractivity contribution in [3.05, 3.63) is 0 Å². The molecule has 0 radical (unpaired) electrons. The van der Waals surface area contributed by atoms with E-state index in [1.165, 1.54) is 25.8 Å². The zero-order valence-corrected chi connectivity index (χ0v) is 9.34. The molecule has 1 N–H and O–H groups in total. The van der Waals surface area contributed by atoms with Gasteiger partial charge in [0.1, 0.15) is 0 Å². The summed E-state index contributed by atoms with van der Waals surface area (Å²) in [6.07, 6.45) is 9.13. The van der Waals surface area contributed by atoms with Crippen LogP contribution in [0.5, 0.6) is 0 Å². The second kappa shape index (κ2) is 3.52. The van der Waals surface area contributed by atoms with Crippen molar-refractivity contribution in [3.8, 4) is 0 Å². The molecule has 0 aromatic rings. The maximum Gasteiger partial charge on any atom is 0.00965 e. The maximum atomic E-state index is 3.76. The summed E-state index contributed by atoms with van der Waals surface area (Å²) in [5.74, 6) is 4.19. The number of fused-ring (bicyclic) bond motifs is 3. The molecule has 0 amide bonds. The van der Waals surface area contributed by atoms with Gasteiger partial charge in [0.15, 0.2) is 0 Å². The molecule has 3 unspecified atom stereocenters. The van der Waals surface area contributed by atoms with Gasteiger partial charge in [0, 0.05) is 6.04 Å². The van der Waals surface area contributed by atoms with Crippen molar-refractivity contribution in [1.29, 1.82) is 0 Å². The maximum absolute atomic E-state index is 3.76. The minimum atomic E-state index is 0.885. The lowest BCUT2D eigenvalue weighted by molar-refractivity contribution is 0.0977. The van der Waals surface area contributed by atoms with Crippen LogP contribution >= 0.6 is 0 Å². The predicted octanol–water partition coefficient (Wildman–Crippen LogP) is 2.81. The van der Waals surface area contributed by atoms with Crippen molar-refractivity contribution < 1.29 is 0 Å².